The van der Waals surface area contributed by atoms with Crippen LogP contribution >= 0.6 is 0 Å². The molecule has 0 radical (unpaired) electrons. The topological polar surface area (TPSA) is 43.4 Å². The maximum absolute atomic E-state index is 11.9. The van der Waals surface area contributed by atoms with Crippen molar-refractivity contribution >= 4 is 11.8 Å². The van der Waals surface area contributed by atoms with Gasteiger partial charge in [0.1, 0.15) is 6.10 Å². The number of fused-ring (bicyclic) bond motifs is 2. The fraction of sp³-hybridized carbons (Fsp3) is 0.733. The van der Waals surface area contributed by atoms with E-state index in [1.54, 1.807) is 0 Å². The van der Waals surface area contributed by atoms with E-state index in [0.717, 1.165) is 12.8 Å². The Morgan fingerprint density at radius 2 is 1.83 bits per heavy atom. The van der Waals surface area contributed by atoms with E-state index in [1.165, 1.54) is 5.57 Å². The highest BCUT2D eigenvalue weighted by Gasteiger charge is 2.49. The lowest BCUT2D eigenvalue weighted by Crippen LogP contribution is -2.23. The van der Waals surface area contributed by atoms with E-state index >= 15 is 0 Å². The fourth-order valence-corrected chi connectivity index (χ4v) is 3.93. The third kappa shape index (κ3) is 1.56. The summed E-state index contributed by atoms with van der Waals surface area (Å²) in [5, 5.41) is 0. The number of ketones is 1. The number of hydrogen-bond donors (Lipinski definition) is 0. The van der Waals surface area contributed by atoms with Crippen molar-refractivity contribution in [2.24, 2.45) is 29.6 Å². The summed E-state index contributed by atoms with van der Waals surface area (Å²) in [5.41, 5.74) is 1.30. The van der Waals surface area contributed by atoms with Gasteiger partial charge in [-0.1, -0.05) is 26.3 Å². The molecule has 3 heteroatoms. The molecule has 0 bridgehead atoms. The van der Waals surface area contributed by atoms with Crippen molar-refractivity contribution in [3.8, 4) is 0 Å². The lowest BCUT2D eigenvalue weighted by Gasteiger charge is -2.22. The van der Waals surface area contributed by atoms with Crippen molar-refractivity contribution in [1.29, 1.82) is 0 Å². The summed E-state index contributed by atoms with van der Waals surface area (Å²) in [6.45, 7) is 6.14. The van der Waals surface area contributed by atoms with Gasteiger partial charge in [0.05, 0.1) is 5.92 Å². The summed E-state index contributed by atoms with van der Waals surface area (Å²) in [6.07, 6.45) is 3.73. The van der Waals surface area contributed by atoms with Crippen LogP contribution < -0.4 is 0 Å². The van der Waals surface area contributed by atoms with Crippen LogP contribution in [0.5, 0.6) is 0 Å². The third-order valence-electron chi connectivity index (χ3n) is 5.23. The quantitative estimate of drug-likeness (QED) is 0.618. The van der Waals surface area contributed by atoms with Gasteiger partial charge in [-0.15, -0.1) is 0 Å². The first kappa shape index (κ1) is 11.9. The van der Waals surface area contributed by atoms with Gasteiger partial charge in [-0.25, -0.2) is 0 Å². The van der Waals surface area contributed by atoms with Gasteiger partial charge in [-0.2, -0.15) is 0 Å². The van der Waals surface area contributed by atoms with Gasteiger partial charge in [0.2, 0.25) is 0 Å². The molecule has 98 valence electrons. The molecular formula is C15H20O3. The molecule has 18 heavy (non-hydrogen) atoms. The van der Waals surface area contributed by atoms with Crippen molar-refractivity contribution in [2.45, 2.75) is 39.7 Å². The van der Waals surface area contributed by atoms with Gasteiger partial charge in [-0.05, 0) is 30.8 Å². The normalized spacial score (nSPS) is 47.2. The van der Waals surface area contributed by atoms with Crippen LogP contribution in [0.1, 0.15) is 33.6 Å². The van der Waals surface area contributed by atoms with Crippen LogP contribution in [-0.4, -0.2) is 17.9 Å². The summed E-state index contributed by atoms with van der Waals surface area (Å²) in [7, 11) is 0. The maximum Gasteiger partial charge on any atom is 0.309 e. The van der Waals surface area contributed by atoms with E-state index in [0.29, 0.717) is 17.8 Å². The average molecular weight is 248 g/mol. The van der Waals surface area contributed by atoms with Crippen molar-refractivity contribution < 1.29 is 14.3 Å². The zero-order valence-corrected chi connectivity index (χ0v) is 11.2. The summed E-state index contributed by atoms with van der Waals surface area (Å²) in [4.78, 5) is 23.6. The second-order valence-electron chi connectivity index (χ2n) is 6.24. The van der Waals surface area contributed by atoms with Crippen LogP contribution in [0.3, 0.4) is 0 Å². The monoisotopic (exact) mass is 248 g/mol. The Labute approximate surface area is 108 Å². The molecule has 1 aliphatic heterocycles. The summed E-state index contributed by atoms with van der Waals surface area (Å²) >= 11 is 0. The molecular weight excluding hydrogens is 228 g/mol. The van der Waals surface area contributed by atoms with Gasteiger partial charge in [0, 0.05) is 11.8 Å². The van der Waals surface area contributed by atoms with Gasteiger partial charge in [0.15, 0.2) is 5.78 Å². The molecule has 6 unspecified atom stereocenters. The number of carbonyl (C=O) groups excluding carboxylic acids is 2. The second-order valence-corrected chi connectivity index (χ2v) is 6.24. The largest absolute Gasteiger partial charge is 0.462 e. The molecule has 3 nitrogen and oxygen atoms in total. The Balaban J connectivity index is 1.93. The standard InChI is InChI=1S/C15H20O3/c1-7-4-14-12(9(3)15(17)18-14)5-11-8(2)13(16)6-10(7)11/h6-9,11-12,14H,4-5H2,1-3H3. The predicted octanol–water partition coefficient (Wildman–Crippen LogP) is 2.36. The lowest BCUT2D eigenvalue weighted by atomic mass is 9.80. The van der Waals surface area contributed by atoms with Crippen LogP contribution in [0, 0.1) is 29.6 Å². The zero-order chi connectivity index (χ0) is 13.0. The minimum atomic E-state index is -0.0541. The molecule has 0 aromatic heterocycles. The first-order valence-corrected chi connectivity index (χ1v) is 6.95. The zero-order valence-electron chi connectivity index (χ0n) is 11.2. The Bertz CT molecular complexity index is 437. The van der Waals surface area contributed by atoms with E-state index in [4.69, 9.17) is 4.74 Å². The number of esters is 1. The minimum absolute atomic E-state index is 0.00977. The Morgan fingerprint density at radius 1 is 1.11 bits per heavy atom. The molecule has 0 aromatic rings. The van der Waals surface area contributed by atoms with E-state index in [1.807, 2.05) is 19.9 Å². The third-order valence-corrected chi connectivity index (χ3v) is 5.23. The highest BCUT2D eigenvalue weighted by Crippen LogP contribution is 2.48. The smallest absolute Gasteiger partial charge is 0.309 e. The Morgan fingerprint density at radius 3 is 2.56 bits per heavy atom. The Hall–Kier alpha value is -1.12. The van der Waals surface area contributed by atoms with Crippen molar-refractivity contribution in [1.82, 2.24) is 0 Å². The van der Waals surface area contributed by atoms with E-state index in [2.05, 4.69) is 6.92 Å². The number of allylic oxidation sites excluding steroid dienone is 2. The Kier molecular flexibility index (Phi) is 2.61. The van der Waals surface area contributed by atoms with Gasteiger partial charge >= 0.3 is 5.97 Å². The maximum atomic E-state index is 11.9. The van der Waals surface area contributed by atoms with E-state index in [-0.39, 0.29) is 29.7 Å². The molecule has 1 saturated heterocycles. The van der Waals surface area contributed by atoms with Gasteiger partial charge in [-0.3, -0.25) is 9.59 Å². The molecule has 0 amide bonds. The molecule has 6 atom stereocenters. The highest BCUT2D eigenvalue weighted by molar-refractivity contribution is 5.95. The van der Waals surface area contributed by atoms with Crippen LogP contribution in [0.15, 0.2) is 11.6 Å². The van der Waals surface area contributed by atoms with Gasteiger partial charge in [0.25, 0.3) is 0 Å². The van der Waals surface area contributed by atoms with Crippen molar-refractivity contribution in [3.63, 3.8) is 0 Å². The number of carbonyl (C=O) groups is 2. The molecule has 2 fully saturated rings. The van der Waals surface area contributed by atoms with Crippen LogP contribution in [0.2, 0.25) is 0 Å². The molecule has 2 aliphatic carbocycles. The molecule has 1 saturated carbocycles. The van der Waals surface area contributed by atoms with Crippen LogP contribution in [0.4, 0.5) is 0 Å². The first-order chi connectivity index (χ1) is 8.49. The van der Waals surface area contributed by atoms with Crippen LogP contribution in [-0.2, 0) is 14.3 Å². The van der Waals surface area contributed by atoms with Crippen molar-refractivity contribution in [3.05, 3.63) is 11.6 Å². The SMILES string of the molecule is CC1CC2OC(=O)C(C)C2CC2C1=CC(=O)C2C. The average Bonchev–Trinajstić information content (AvgIpc) is 2.68. The molecule has 3 rings (SSSR count). The van der Waals surface area contributed by atoms with Gasteiger partial charge < -0.3 is 4.74 Å². The van der Waals surface area contributed by atoms with Crippen LogP contribution in [0.25, 0.3) is 0 Å². The predicted molar refractivity (Wildman–Crippen MR) is 66.7 cm³/mol. The minimum Gasteiger partial charge on any atom is -0.462 e. The molecule has 0 aromatic carbocycles. The molecule has 0 spiro atoms. The lowest BCUT2D eigenvalue weighted by molar-refractivity contribution is -0.144. The summed E-state index contributed by atoms with van der Waals surface area (Å²) < 4.78 is 5.50. The fourth-order valence-electron chi connectivity index (χ4n) is 3.93. The van der Waals surface area contributed by atoms with E-state index in [9.17, 15) is 9.59 Å². The molecule has 3 aliphatic rings. The number of ether oxygens (including phenoxy) is 1. The second kappa shape index (κ2) is 3.94. The van der Waals surface area contributed by atoms with E-state index < -0.39 is 0 Å². The summed E-state index contributed by atoms with van der Waals surface area (Å²) in [6, 6.07) is 0. The van der Waals surface area contributed by atoms with Crippen molar-refractivity contribution in [2.75, 3.05) is 0 Å². The molecule has 0 N–H and O–H groups in total. The summed E-state index contributed by atoms with van der Waals surface area (Å²) in [5.74, 6) is 1.27. The highest BCUT2D eigenvalue weighted by atomic mass is 16.6. The molecule has 1 heterocycles. The number of hydrogen-bond acceptors (Lipinski definition) is 3. The first-order valence-electron chi connectivity index (χ1n) is 6.95. The number of rotatable bonds is 0.